The van der Waals surface area contributed by atoms with Gasteiger partial charge in [0.2, 0.25) is 0 Å². The second-order valence-electron chi connectivity index (χ2n) is 3.67. The van der Waals surface area contributed by atoms with Gasteiger partial charge in [0, 0.05) is 16.9 Å². The molecule has 0 spiro atoms. The number of carbonyl (C=O) groups is 1. The molecule has 0 unspecified atom stereocenters. The molecule has 2 rings (SSSR count). The number of benzene rings is 1. The van der Waals surface area contributed by atoms with E-state index in [0.29, 0.717) is 27.2 Å². The molecule has 0 radical (unpaired) electrons. The molecule has 1 N–H and O–H groups in total. The van der Waals surface area contributed by atoms with Crippen molar-refractivity contribution in [3.8, 4) is 5.75 Å². The number of aromatic nitrogens is 1. The highest BCUT2D eigenvalue weighted by Crippen LogP contribution is 2.24. The second kappa shape index (κ2) is 5.91. The van der Waals surface area contributed by atoms with Crippen LogP contribution in [0.1, 0.15) is 10.4 Å². The van der Waals surface area contributed by atoms with E-state index in [0.717, 1.165) is 0 Å². The van der Waals surface area contributed by atoms with Gasteiger partial charge in [-0.25, -0.2) is 4.98 Å². The van der Waals surface area contributed by atoms with Crippen molar-refractivity contribution in [1.82, 2.24) is 4.98 Å². The minimum absolute atomic E-state index is 0.306. The average Bonchev–Trinajstić information content (AvgIpc) is 2.38. The van der Waals surface area contributed by atoms with Gasteiger partial charge in [-0.15, -0.1) is 0 Å². The summed E-state index contributed by atoms with van der Waals surface area (Å²) in [6.07, 6.45) is 1.51. The quantitative estimate of drug-likeness (QED) is 0.880. The molecule has 1 aromatic heterocycles. The molecular weight excluding hydrogens is 287 g/mol. The van der Waals surface area contributed by atoms with Crippen LogP contribution in [0.4, 0.5) is 5.69 Å². The predicted octanol–water partition coefficient (Wildman–Crippen LogP) is 3.65. The first kappa shape index (κ1) is 13.6. The molecule has 1 heterocycles. The number of amides is 1. The fraction of sp³-hybridized carbons (Fsp3) is 0.0769. The number of nitrogens with one attached hydrogen (secondary N) is 1. The number of hydrogen-bond acceptors (Lipinski definition) is 3. The molecule has 2 aromatic rings. The van der Waals surface area contributed by atoms with Crippen LogP contribution in [0.15, 0.2) is 36.5 Å². The van der Waals surface area contributed by atoms with Crippen LogP contribution in [0.25, 0.3) is 0 Å². The van der Waals surface area contributed by atoms with Crippen LogP contribution >= 0.6 is 23.2 Å². The van der Waals surface area contributed by atoms with Crippen LogP contribution < -0.4 is 10.1 Å². The first-order valence-corrected chi connectivity index (χ1v) is 6.12. The Hall–Kier alpha value is -1.78. The lowest BCUT2D eigenvalue weighted by Crippen LogP contribution is -2.13. The summed E-state index contributed by atoms with van der Waals surface area (Å²) in [6.45, 7) is 0. The minimum Gasteiger partial charge on any atom is -0.496 e. The topological polar surface area (TPSA) is 51.2 Å². The molecule has 1 amide bonds. The van der Waals surface area contributed by atoms with Crippen LogP contribution in [-0.4, -0.2) is 18.0 Å². The Labute approximate surface area is 120 Å². The van der Waals surface area contributed by atoms with E-state index in [1.165, 1.54) is 13.3 Å². The number of ether oxygens (including phenoxy) is 1. The third-order valence-corrected chi connectivity index (χ3v) is 2.83. The zero-order chi connectivity index (χ0) is 13.8. The molecule has 0 aliphatic heterocycles. The number of rotatable bonds is 3. The van der Waals surface area contributed by atoms with Crippen LogP contribution in [0, 0.1) is 0 Å². The van der Waals surface area contributed by atoms with Gasteiger partial charge in [0.15, 0.2) is 0 Å². The third kappa shape index (κ3) is 3.36. The average molecular weight is 297 g/mol. The molecule has 0 atom stereocenters. The third-order valence-electron chi connectivity index (χ3n) is 2.39. The summed E-state index contributed by atoms with van der Waals surface area (Å²) in [4.78, 5) is 16.0. The van der Waals surface area contributed by atoms with Crippen molar-refractivity contribution in [2.45, 2.75) is 0 Å². The molecule has 19 heavy (non-hydrogen) atoms. The maximum Gasteiger partial charge on any atom is 0.259 e. The number of hydrogen-bond donors (Lipinski definition) is 1. The largest absolute Gasteiger partial charge is 0.496 e. The van der Waals surface area contributed by atoms with E-state index in [4.69, 9.17) is 27.9 Å². The van der Waals surface area contributed by atoms with Gasteiger partial charge in [0.05, 0.1) is 12.7 Å². The highest BCUT2D eigenvalue weighted by atomic mass is 35.5. The fourth-order valence-corrected chi connectivity index (χ4v) is 1.87. The lowest BCUT2D eigenvalue weighted by Gasteiger charge is -2.09. The molecule has 0 fully saturated rings. The Morgan fingerprint density at radius 1 is 1.26 bits per heavy atom. The maximum atomic E-state index is 12.1. The highest BCUT2D eigenvalue weighted by Gasteiger charge is 2.13. The van der Waals surface area contributed by atoms with Crippen LogP contribution in [0.2, 0.25) is 10.2 Å². The highest BCUT2D eigenvalue weighted by molar-refractivity contribution is 6.31. The summed E-state index contributed by atoms with van der Waals surface area (Å²) in [7, 11) is 1.48. The smallest absolute Gasteiger partial charge is 0.259 e. The van der Waals surface area contributed by atoms with Crippen molar-refractivity contribution in [2.24, 2.45) is 0 Å². The van der Waals surface area contributed by atoms with Gasteiger partial charge in [-0.3, -0.25) is 4.79 Å². The van der Waals surface area contributed by atoms with Gasteiger partial charge >= 0.3 is 0 Å². The lowest BCUT2D eigenvalue weighted by molar-refractivity contribution is 0.102. The van der Waals surface area contributed by atoms with Crippen molar-refractivity contribution >= 4 is 34.8 Å². The van der Waals surface area contributed by atoms with Crippen LogP contribution in [0.3, 0.4) is 0 Å². The number of pyridine rings is 1. The normalized spacial score (nSPS) is 10.1. The molecule has 1 aromatic carbocycles. The summed E-state index contributed by atoms with van der Waals surface area (Å²) in [5, 5.41) is 3.51. The molecule has 0 saturated heterocycles. The van der Waals surface area contributed by atoms with Gasteiger partial charge in [-0.2, -0.15) is 0 Å². The second-order valence-corrected chi connectivity index (χ2v) is 4.49. The Bertz CT molecular complexity index is 617. The van der Waals surface area contributed by atoms with Crippen molar-refractivity contribution in [3.63, 3.8) is 0 Å². The van der Waals surface area contributed by atoms with Crippen molar-refractivity contribution in [3.05, 3.63) is 52.3 Å². The molecule has 4 nitrogen and oxygen atoms in total. The van der Waals surface area contributed by atoms with E-state index in [9.17, 15) is 4.79 Å². The number of anilines is 1. The summed E-state index contributed by atoms with van der Waals surface area (Å²) in [6, 6.07) is 8.00. The Kier molecular flexibility index (Phi) is 4.24. The monoisotopic (exact) mass is 296 g/mol. The first-order valence-electron chi connectivity index (χ1n) is 5.36. The number of nitrogens with zero attached hydrogens (tertiary/aromatic N) is 1. The first-order chi connectivity index (χ1) is 9.10. The summed E-state index contributed by atoms with van der Waals surface area (Å²) in [5.74, 6) is 0.0981. The van der Waals surface area contributed by atoms with E-state index >= 15 is 0 Å². The SMILES string of the molecule is COc1cc(Cl)ccc1C(=O)Nc1ccnc(Cl)c1. The number of halogens is 2. The Balaban J connectivity index is 2.25. The van der Waals surface area contributed by atoms with Gasteiger partial charge in [0.1, 0.15) is 10.9 Å². The van der Waals surface area contributed by atoms with E-state index in [1.54, 1.807) is 30.3 Å². The zero-order valence-corrected chi connectivity index (χ0v) is 11.5. The number of methoxy groups -OCH3 is 1. The van der Waals surface area contributed by atoms with Crippen molar-refractivity contribution < 1.29 is 9.53 Å². The molecular formula is C13H10Cl2N2O2. The molecule has 0 saturated carbocycles. The molecule has 0 bridgehead atoms. The van der Waals surface area contributed by atoms with Crippen LogP contribution in [0.5, 0.6) is 5.75 Å². The van der Waals surface area contributed by atoms with Crippen LogP contribution in [-0.2, 0) is 0 Å². The molecule has 0 aliphatic rings. The Morgan fingerprint density at radius 2 is 2.05 bits per heavy atom. The zero-order valence-electron chi connectivity index (χ0n) is 9.98. The van der Waals surface area contributed by atoms with E-state index in [1.807, 2.05) is 0 Å². The standard InChI is InChI=1S/C13H10Cl2N2O2/c1-19-11-6-8(14)2-3-10(11)13(18)17-9-4-5-16-12(15)7-9/h2-7H,1H3,(H,16,17,18). The summed E-state index contributed by atoms with van der Waals surface area (Å²) >= 11 is 11.6. The number of carbonyl (C=O) groups excluding carboxylic acids is 1. The minimum atomic E-state index is -0.309. The molecule has 6 heteroatoms. The van der Waals surface area contributed by atoms with E-state index in [2.05, 4.69) is 10.3 Å². The fourth-order valence-electron chi connectivity index (χ4n) is 1.53. The van der Waals surface area contributed by atoms with Gasteiger partial charge < -0.3 is 10.1 Å². The summed E-state index contributed by atoms with van der Waals surface area (Å²) < 4.78 is 5.13. The lowest BCUT2D eigenvalue weighted by atomic mass is 10.2. The van der Waals surface area contributed by atoms with Gasteiger partial charge in [-0.05, 0) is 30.3 Å². The molecule has 98 valence electrons. The van der Waals surface area contributed by atoms with Crippen molar-refractivity contribution in [2.75, 3.05) is 12.4 Å². The van der Waals surface area contributed by atoms with E-state index < -0.39 is 0 Å². The van der Waals surface area contributed by atoms with E-state index in [-0.39, 0.29) is 5.91 Å². The summed E-state index contributed by atoms with van der Waals surface area (Å²) in [5.41, 5.74) is 0.946. The van der Waals surface area contributed by atoms with Crippen molar-refractivity contribution in [1.29, 1.82) is 0 Å². The predicted molar refractivity (Wildman–Crippen MR) is 75.2 cm³/mol. The maximum absolute atomic E-state index is 12.1. The molecule has 0 aliphatic carbocycles. The van der Waals surface area contributed by atoms with Gasteiger partial charge in [-0.1, -0.05) is 23.2 Å². The van der Waals surface area contributed by atoms with Gasteiger partial charge in [0.25, 0.3) is 5.91 Å². The Morgan fingerprint density at radius 3 is 2.74 bits per heavy atom.